The highest BCUT2D eigenvalue weighted by molar-refractivity contribution is 6.33. The van der Waals surface area contributed by atoms with Crippen molar-refractivity contribution in [3.05, 3.63) is 42.5 Å². The first-order valence-electron chi connectivity index (χ1n) is 6.96. The number of nitrogens with zero attached hydrogens (tertiary/aromatic N) is 3. The van der Waals surface area contributed by atoms with Crippen molar-refractivity contribution in [1.82, 2.24) is 9.78 Å². The quantitative estimate of drug-likeness (QED) is 0.440. The fourth-order valence-corrected chi connectivity index (χ4v) is 2.62. The van der Waals surface area contributed by atoms with Gasteiger partial charge < -0.3 is 4.70 Å². The molecule has 22 heavy (non-hydrogen) atoms. The Morgan fingerprint density at radius 3 is 2.36 bits per heavy atom. The van der Waals surface area contributed by atoms with Crippen molar-refractivity contribution >= 4 is 7.54 Å². The van der Waals surface area contributed by atoms with Crippen LogP contribution in [0.15, 0.2) is 36.7 Å². The van der Waals surface area contributed by atoms with Crippen LogP contribution in [0.1, 0.15) is 32.1 Å². The fourth-order valence-electron chi connectivity index (χ4n) is 2.62. The third-order valence-corrected chi connectivity index (χ3v) is 3.57. The van der Waals surface area contributed by atoms with E-state index in [1.807, 2.05) is 22.9 Å². The Morgan fingerprint density at radius 2 is 1.82 bits per heavy atom. The predicted molar refractivity (Wildman–Crippen MR) is 75.0 cm³/mol. The smallest absolute Gasteiger partial charge is 0.762 e. The summed E-state index contributed by atoms with van der Waals surface area (Å²) in [4.78, 5) is 0. The molecule has 0 radical (unpaired) electrons. The van der Waals surface area contributed by atoms with E-state index in [9.17, 15) is 12.9 Å². The van der Waals surface area contributed by atoms with Crippen LogP contribution in [-0.2, 0) is 6.42 Å². The average Bonchev–Trinajstić information content (AvgIpc) is 2.98. The van der Waals surface area contributed by atoms with E-state index in [1.165, 1.54) is 12.2 Å². The van der Waals surface area contributed by atoms with E-state index in [1.54, 1.807) is 0 Å². The summed E-state index contributed by atoms with van der Waals surface area (Å²) in [6.07, 6.45) is 4.47. The summed E-state index contributed by atoms with van der Waals surface area (Å²) in [5, 5.41) is 4.67. The van der Waals surface area contributed by atoms with Crippen molar-refractivity contribution in [2.24, 2.45) is 5.92 Å². The maximum absolute atomic E-state index is 9.67. The molecule has 120 valence electrons. The van der Waals surface area contributed by atoms with Gasteiger partial charge in [0.15, 0.2) is 0 Å². The molecule has 0 aliphatic carbocycles. The maximum Gasteiger partial charge on any atom is 0.762 e. The number of hydrogen-bond donors (Lipinski definition) is 0. The Balaban J connectivity index is 0.000000436. The first-order chi connectivity index (χ1) is 9.99. The number of hydrogen-bond acceptors (Lipinski definition) is 1. The molecule has 2 aromatic rings. The van der Waals surface area contributed by atoms with E-state index in [4.69, 9.17) is 0 Å². The highest BCUT2D eigenvalue weighted by Gasteiger charge is 2.33. The van der Waals surface area contributed by atoms with Crippen molar-refractivity contribution in [3.8, 4) is 5.69 Å². The Kier molecular flexibility index (Phi) is 6.58. The molecule has 2 heterocycles. The van der Waals surface area contributed by atoms with Crippen LogP contribution < -0.4 is 9.27 Å². The average molecular weight is 315 g/mol. The van der Waals surface area contributed by atoms with Gasteiger partial charge in [0.05, 0.1) is 6.04 Å². The van der Waals surface area contributed by atoms with Gasteiger partial charge in [-0.15, -0.1) is 0 Å². The van der Waals surface area contributed by atoms with Gasteiger partial charge in [-0.25, -0.2) is 4.57 Å². The van der Waals surface area contributed by atoms with Gasteiger partial charge in [0, 0.05) is 11.5 Å². The normalized spacial score (nSPS) is 15.6. The Labute approximate surface area is 127 Å². The highest BCUT2D eigenvalue weighted by atomic mass is 19.4. The third-order valence-electron chi connectivity index (χ3n) is 3.57. The molecular weight excluding hydrogens is 297 g/mol. The van der Waals surface area contributed by atoms with Gasteiger partial charge in [-0.05, 0) is 24.5 Å². The van der Waals surface area contributed by atoms with E-state index in [-0.39, 0.29) is 4.70 Å². The van der Waals surface area contributed by atoms with Crippen LogP contribution in [-0.4, -0.2) is 17.3 Å². The minimum absolute atomic E-state index is 0. The second-order valence-electron chi connectivity index (χ2n) is 5.32. The number of para-hydroxylation sites is 1. The summed E-state index contributed by atoms with van der Waals surface area (Å²) in [6, 6.07) is 10.9. The molecule has 0 spiro atoms. The van der Waals surface area contributed by atoms with E-state index in [0.717, 1.165) is 12.1 Å². The summed E-state index contributed by atoms with van der Waals surface area (Å²) < 4.78 is 33.3. The molecule has 3 rings (SSSR count). The van der Waals surface area contributed by atoms with Crippen molar-refractivity contribution < 1.29 is 22.2 Å². The molecule has 1 aromatic heterocycles. The number of rotatable bonds is 2. The van der Waals surface area contributed by atoms with Gasteiger partial charge in [0.2, 0.25) is 6.33 Å². The van der Waals surface area contributed by atoms with Gasteiger partial charge in [-0.3, -0.25) is 12.9 Å². The maximum atomic E-state index is 9.67. The number of benzene rings is 1. The zero-order chi connectivity index (χ0) is 15.4. The number of fused-ring (bicyclic) bond motifs is 1. The largest absolute Gasteiger partial charge is 1.00 e. The summed E-state index contributed by atoms with van der Waals surface area (Å²) in [7, 11) is -3.67. The van der Waals surface area contributed by atoms with E-state index < -0.39 is 7.54 Å². The minimum Gasteiger partial charge on any atom is -1.00 e. The molecule has 1 aliphatic rings. The van der Waals surface area contributed by atoms with Crippen LogP contribution in [0.25, 0.3) is 5.69 Å². The van der Waals surface area contributed by atoms with Crippen molar-refractivity contribution in [2.75, 3.05) is 0 Å². The molecule has 1 atom stereocenters. The number of aryl methyl sites for hydroxylation is 1. The molecule has 0 saturated carbocycles. The Hall–Kier alpha value is -1.86. The van der Waals surface area contributed by atoms with Crippen molar-refractivity contribution in [3.63, 3.8) is 0 Å². The SMILES string of the molecule is CC(C)[C@H]1CCc2nn(-c3ccccc3)c[n+]21.FB(F)F.[F-]. The topological polar surface area (TPSA) is 21.7 Å². The second-order valence-corrected chi connectivity index (χ2v) is 5.32. The van der Waals surface area contributed by atoms with Crippen LogP contribution in [0.4, 0.5) is 12.9 Å². The fraction of sp³-hybridized carbons (Fsp3) is 0.429. The Morgan fingerprint density at radius 1 is 1.23 bits per heavy atom. The molecule has 0 unspecified atom stereocenters. The molecule has 0 N–H and O–H groups in total. The lowest BCUT2D eigenvalue weighted by molar-refractivity contribution is -0.723. The first-order valence-corrected chi connectivity index (χ1v) is 6.96. The molecule has 8 heteroatoms. The molecule has 3 nitrogen and oxygen atoms in total. The van der Waals surface area contributed by atoms with E-state index in [0.29, 0.717) is 12.0 Å². The highest BCUT2D eigenvalue weighted by Crippen LogP contribution is 2.23. The zero-order valence-electron chi connectivity index (χ0n) is 12.5. The van der Waals surface area contributed by atoms with E-state index in [2.05, 4.69) is 42.0 Å². The molecule has 0 bridgehead atoms. The standard InChI is InChI=1S/C14H18N3.BF3.FH/c1-11(2)13-8-9-14-15-17(10-16(13)14)12-6-4-3-5-7-12;2-1(3)4;/h3-7,10-11,13H,8-9H2,1-2H3;;1H/q+1;;/p-1/t13-;;/m1../s1. The lowest BCUT2D eigenvalue weighted by atomic mass is 10.0. The molecule has 0 amide bonds. The Bertz CT molecular complexity index is 572. The van der Waals surface area contributed by atoms with Gasteiger partial charge in [-0.1, -0.05) is 36.7 Å². The zero-order valence-corrected chi connectivity index (χ0v) is 12.5. The molecule has 1 aliphatic heterocycles. The number of halogens is 4. The number of aromatic nitrogens is 3. The summed E-state index contributed by atoms with van der Waals surface area (Å²) >= 11 is 0. The van der Waals surface area contributed by atoms with Crippen LogP contribution in [0.5, 0.6) is 0 Å². The summed E-state index contributed by atoms with van der Waals surface area (Å²) in [6.45, 7) is 4.57. The monoisotopic (exact) mass is 315 g/mol. The van der Waals surface area contributed by atoms with Crippen LogP contribution in [0.2, 0.25) is 0 Å². The van der Waals surface area contributed by atoms with Crippen LogP contribution in [0, 0.1) is 5.92 Å². The molecule has 0 saturated heterocycles. The summed E-state index contributed by atoms with van der Waals surface area (Å²) in [5.74, 6) is 1.89. The summed E-state index contributed by atoms with van der Waals surface area (Å²) in [5.41, 5.74) is 1.14. The first kappa shape index (κ1) is 18.2. The predicted octanol–water partition coefficient (Wildman–Crippen LogP) is 0.187. The molecular formula is C14H18BF4N3. The van der Waals surface area contributed by atoms with E-state index >= 15 is 0 Å². The lowest BCUT2D eigenvalue weighted by Crippen LogP contribution is -3.00. The second kappa shape index (κ2) is 7.96. The third kappa shape index (κ3) is 4.32. The van der Waals surface area contributed by atoms with Crippen LogP contribution in [0.3, 0.4) is 0 Å². The molecule has 1 aromatic carbocycles. The van der Waals surface area contributed by atoms with Gasteiger partial charge in [0.1, 0.15) is 5.69 Å². The van der Waals surface area contributed by atoms with Gasteiger partial charge in [0.25, 0.3) is 5.82 Å². The van der Waals surface area contributed by atoms with Crippen molar-refractivity contribution in [1.29, 1.82) is 0 Å². The van der Waals surface area contributed by atoms with Gasteiger partial charge in [-0.2, -0.15) is 0 Å². The molecule has 0 fully saturated rings. The minimum atomic E-state index is -3.67. The van der Waals surface area contributed by atoms with Crippen molar-refractivity contribution in [2.45, 2.75) is 32.7 Å². The van der Waals surface area contributed by atoms with Gasteiger partial charge >= 0.3 is 7.54 Å². The van der Waals surface area contributed by atoms with Crippen LogP contribution >= 0.6 is 0 Å². The lowest BCUT2D eigenvalue weighted by Gasteiger charge is -2.11.